The lowest BCUT2D eigenvalue weighted by molar-refractivity contribution is -0.161. The first kappa shape index (κ1) is 20.2. The molecule has 2 fully saturated rings. The Balaban J connectivity index is 1.63. The van der Waals surface area contributed by atoms with Gasteiger partial charge in [0.25, 0.3) is 0 Å². The average molecular weight is 409 g/mol. The first-order valence-electron chi connectivity index (χ1n) is 10.2. The maximum Gasteiger partial charge on any atom is 0.403 e. The Morgan fingerprint density at radius 1 is 1.28 bits per heavy atom. The third kappa shape index (κ3) is 3.98. The monoisotopic (exact) mass is 409 g/mol. The Hall–Kier alpha value is -2.13. The summed E-state index contributed by atoms with van der Waals surface area (Å²) in [6, 6.07) is 4.07. The molecule has 2 unspecified atom stereocenters. The second-order valence-corrected chi connectivity index (χ2v) is 7.88. The van der Waals surface area contributed by atoms with Gasteiger partial charge in [-0.3, -0.25) is 9.89 Å². The number of benzene rings is 1. The van der Waals surface area contributed by atoms with Crippen LogP contribution in [-0.2, 0) is 4.79 Å². The van der Waals surface area contributed by atoms with Crippen molar-refractivity contribution < 1.29 is 18.0 Å². The highest BCUT2D eigenvalue weighted by atomic mass is 19.4. The van der Waals surface area contributed by atoms with E-state index < -0.39 is 12.2 Å². The third-order valence-corrected chi connectivity index (χ3v) is 6.08. The lowest BCUT2D eigenvalue weighted by Crippen LogP contribution is -2.47. The first-order chi connectivity index (χ1) is 13.9. The minimum absolute atomic E-state index is 0.0187. The van der Waals surface area contributed by atoms with E-state index in [4.69, 9.17) is 0 Å². The second-order valence-electron chi connectivity index (χ2n) is 7.88. The van der Waals surface area contributed by atoms with Crippen molar-refractivity contribution in [2.45, 2.75) is 44.3 Å². The molecule has 0 bridgehead atoms. The molecule has 4 rings (SSSR count). The maximum absolute atomic E-state index is 13.2. The maximum atomic E-state index is 13.2. The summed E-state index contributed by atoms with van der Waals surface area (Å²) in [6.07, 6.45) is -2.85. The number of fused-ring (bicyclic) bond motifs is 1. The predicted molar refractivity (Wildman–Crippen MR) is 105 cm³/mol. The molecule has 3 N–H and O–H groups in total. The number of carbonyl (C=O) groups is 1. The van der Waals surface area contributed by atoms with Crippen LogP contribution in [0.5, 0.6) is 0 Å². The molecule has 2 saturated heterocycles. The molecule has 3 atom stereocenters. The molecule has 1 aromatic carbocycles. The van der Waals surface area contributed by atoms with Crippen LogP contribution in [0.2, 0.25) is 0 Å². The summed E-state index contributed by atoms with van der Waals surface area (Å²) < 4.78 is 39.6. The molecule has 158 valence electrons. The van der Waals surface area contributed by atoms with Crippen molar-refractivity contribution >= 4 is 22.5 Å². The van der Waals surface area contributed by atoms with Gasteiger partial charge in [0.1, 0.15) is 6.04 Å². The molecule has 0 aliphatic carbocycles. The van der Waals surface area contributed by atoms with E-state index in [0.717, 1.165) is 29.7 Å². The van der Waals surface area contributed by atoms with E-state index in [9.17, 15) is 18.0 Å². The fourth-order valence-electron chi connectivity index (χ4n) is 4.48. The van der Waals surface area contributed by atoms with Gasteiger partial charge in [-0.1, -0.05) is 0 Å². The van der Waals surface area contributed by atoms with Crippen LogP contribution in [0, 0.1) is 5.92 Å². The first-order valence-corrected chi connectivity index (χ1v) is 10.2. The number of piperidine rings is 1. The molecule has 1 amide bonds. The number of halogens is 3. The fourth-order valence-corrected chi connectivity index (χ4v) is 4.48. The van der Waals surface area contributed by atoms with Crippen molar-refractivity contribution in [3.8, 4) is 0 Å². The van der Waals surface area contributed by atoms with E-state index in [1.165, 1.54) is 0 Å². The number of nitrogens with one attached hydrogen (secondary N) is 3. The largest absolute Gasteiger partial charge is 0.403 e. The Morgan fingerprint density at radius 2 is 2.10 bits per heavy atom. The Labute approximate surface area is 167 Å². The van der Waals surface area contributed by atoms with Crippen molar-refractivity contribution in [3.05, 3.63) is 23.9 Å². The average Bonchev–Trinajstić information content (AvgIpc) is 3.38. The number of alkyl halides is 3. The van der Waals surface area contributed by atoms with Gasteiger partial charge < -0.3 is 15.5 Å². The van der Waals surface area contributed by atoms with Crippen LogP contribution in [-0.4, -0.2) is 54.5 Å². The molecule has 2 aromatic rings. The van der Waals surface area contributed by atoms with Gasteiger partial charge in [-0.15, -0.1) is 0 Å². The molecule has 29 heavy (non-hydrogen) atoms. The summed E-state index contributed by atoms with van der Waals surface area (Å²) in [5.74, 6) is -0.208. The van der Waals surface area contributed by atoms with Crippen LogP contribution in [0.4, 0.5) is 18.9 Å². The summed E-state index contributed by atoms with van der Waals surface area (Å²) in [7, 11) is 0. The zero-order valence-corrected chi connectivity index (χ0v) is 16.4. The smallest absolute Gasteiger partial charge is 0.316 e. The van der Waals surface area contributed by atoms with Crippen molar-refractivity contribution in [1.29, 1.82) is 0 Å². The zero-order valence-electron chi connectivity index (χ0n) is 16.4. The van der Waals surface area contributed by atoms with Gasteiger partial charge in [-0.2, -0.15) is 18.3 Å². The van der Waals surface area contributed by atoms with Gasteiger partial charge in [0.2, 0.25) is 5.91 Å². The van der Waals surface area contributed by atoms with Crippen molar-refractivity contribution in [3.63, 3.8) is 0 Å². The Kier molecular flexibility index (Phi) is 5.52. The van der Waals surface area contributed by atoms with E-state index in [2.05, 4.69) is 20.8 Å². The molecular weight excluding hydrogens is 383 g/mol. The van der Waals surface area contributed by atoms with Gasteiger partial charge in [0.05, 0.1) is 11.4 Å². The van der Waals surface area contributed by atoms with Crippen LogP contribution in [0.25, 0.3) is 10.9 Å². The van der Waals surface area contributed by atoms with E-state index in [0.29, 0.717) is 31.6 Å². The summed E-state index contributed by atoms with van der Waals surface area (Å²) in [6.45, 7) is 4.31. The van der Waals surface area contributed by atoms with Gasteiger partial charge in [-0.25, -0.2) is 0 Å². The molecule has 6 nitrogen and oxygen atoms in total. The summed E-state index contributed by atoms with van der Waals surface area (Å²) in [5.41, 5.74) is 2.20. The number of hydrogen-bond acceptors (Lipinski definition) is 4. The van der Waals surface area contributed by atoms with E-state index in [1.807, 2.05) is 25.1 Å². The van der Waals surface area contributed by atoms with Crippen molar-refractivity contribution in [2.24, 2.45) is 5.92 Å². The van der Waals surface area contributed by atoms with Crippen LogP contribution in [0.15, 0.2) is 18.2 Å². The van der Waals surface area contributed by atoms with E-state index in [-0.39, 0.29) is 24.2 Å². The van der Waals surface area contributed by atoms with Gasteiger partial charge >= 0.3 is 6.18 Å². The SMILES string of the molecule is CCN(C(=O)[C@@H]1CCNC1)c1ccc2n[nH]c(C3CCNC(C(F)(F)F)C3)c2c1. The summed E-state index contributed by atoms with van der Waals surface area (Å²) >= 11 is 0. The Morgan fingerprint density at radius 3 is 2.79 bits per heavy atom. The normalized spacial score (nSPS) is 25.4. The van der Waals surface area contributed by atoms with Gasteiger partial charge in [0, 0.05) is 35.8 Å². The second kappa shape index (κ2) is 7.95. The molecule has 2 aliphatic heterocycles. The number of anilines is 1. The van der Waals surface area contributed by atoms with Crippen LogP contribution in [0.3, 0.4) is 0 Å². The number of carbonyl (C=O) groups excluding carboxylic acids is 1. The van der Waals surface area contributed by atoms with Gasteiger partial charge in [-0.05, 0) is 57.5 Å². The minimum Gasteiger partial charge on any atom is -0.316 e. The number of aromatic nitrogens is 2. The lowest BCUT2D eigenvalue weighted by Gasteiger charge is -2.31. The van der Waals surface area contributed by atoms with E-state index >= 15 is 0 Å². The minimum atomic E-state index is -4.26. The predicted octanol–water partition coefficient (Wildman–Crippen LogP) is 2.92. The topological polar surface area (TPSA) is 73.0 Å². The molecule has 1 aromatic heterocycles. The third-order valence-electron chi connectivity index (χ3n) is 6.08. The number of hydrogen-bond donors (Lipinski definition) is 3. The number of amides is 1. The summed E-state index contributed by atoms with van der Waals surface area (Å²) in [5, 5.41) is 13.8. The highest BCUT2D eigenvalue weighted by Gasteiger charge is 2.43. The molecule has 0 spiro atoms. The van der Waals surface area contributed by atoms with Gasteiger partial charge in [0.15, 0.2) is 0 Å². The molecule has 2 aliphatic rings. The van der Waals surface area contributed by atoms with Crippen molar-refractivity contribution in [1.82, 2.24) is 20.8 Å². The highest BCUT2D eigenvalue weighted by molar-refractivity contribution is 5.97. The van der Waals surface area contributed by atoms with Crippen LogP contribution in [0.1, 0.15) is 37.8 Å². The fraction of sp³-hybridized carbons (Fsp3) is 0.600. The lowest BCUT2D eigenvalue weighted by atomic mass is 9.88. The van der Waals surface area contributed by atoms with Crippen LogP contribution < -0.4 is 15.5 Å². The summed E-state index contributed by atoms with van der Waals surface area (Å²) in [4.78, 5) is 14.7. The molecule has 0 saturated carbocycles. The number of aromatic amines is 1. The number of H-pyrrole nitrogens is 1. The molecule has 3 heterocycles. The zero-order chi connectivity index (χ0) is 20.6. The Bertz CT molecular complexity index is 875. The standard InChI is InChI=1S/C20H26F3N5O/c1-2-28(19(29)13-5-7-24-11-13)14-3-4-16-15(10-14)18(27-26-16)12-6-8-25-17(9-12)20(21,22)23/h3-4,10,12-13,17,24-25H,2,5-9,11H2,1H3,(H,26,27)/t12?,13-,17?/m1/s1. The van der Waals surface area contributed by atoms with Crippen molar-refractivity contribution in [2.75, 3.05) is 31.1 Å². The number of nitrogens with zero attached hydrogens (tertiary/aromatic N) is 2. The molecule has 9 heteroatoms. The molecule has 0 radical (unpaired) electrons. The molecular formula is C20H26F3N5O. The quantitative estimate of drug-likeness (QED) is 0.726. The highest BCUT2D eigenvalue weighted by Crippen LogP contribution is 2.37. The number of rotatable bonds is 4. The van der Waals surface area contributed by atoms with Crippen LogP contribution >= 0.6 is 0 Å². The van der Waals surface area contributed by atoms with E-state index in [1.54, 1.807) is 4.90 Å².